The fraction of sp³-hybridized carbons (Fsp3) is 0.929. The number of nitrogens with zero attached hydrogens (tertiary/aromatic N) is 1. The van der Waals surface area contributed by atoms with E-state index in [1.165, 1.54) is 12.8 Å². The van der Waals surface area contributed by atoms with Crippen molar-refractivity contribution in [1.29, 1.82) is 0 Å². The first-order valence-corrected chi connectivity index (χ1v) is 7.33. The molecule has 1 rings (SSSR count). The highest BCUT2D eigenvalue weighted by Gasteiger charge is 2.21. The molecular weight excluding hydrogens is 226 g/mol. The van der Waals surface area contributed by atoms with Crippen molar-refractivity contribution in [2.24, 2.45) is 5.92 Å². The van der Waals surface area contributed by atoms with Gasteiger partial charge in [0.2, 0.25) is 5.91 Å². The Balaban J connectivity index is 2.25. The predicted octanol–water partition coefficient (Wildman–Crippen LogP) is 1.22. The first-order chi connectivity index (χ1) is 8.65. The summed E-state index contributed by atoms with van der Waals surface area (Å²) in [5, 5.41) is 6.39. The predicted molar refractivity (Wildman–Crippen MR) is 75.6 cm³/mol. The van der Waals surface area contributed by atoms with Gasteiger partial charge in [-0.3, -0.25) is 9.69 Å². The fourth-order valence-electron chi connectivity index (χ4n) is 2.37. The molecule has 0 aromatic heterocycles. The molecule has 1 unspecified atom stereocenters. The second-order valence-corrected chi connectivity index (χ2v) is 5.45. The third kappa shape index (κ3) is 5.36. The largest absolute Gasteiger partial charge is 0.355 e. The number of unbranched alkanes of at least 4 members (excludes halogenated alkanes) is 1. The van der Waals surface area contributed by atoms with E-state index in [2.05, 4.69) is 29.5 Å². The van der Waals surface area contributed by atoms with Crippen molar-refractivity contribution in [2.45, 2.75) is 45.6 Å². The lowest BCUT2D eigenvalue weighted by atomic mass is 9.97. The summed E-state index contributed by atoms with van der Waals surface area (Å²) in [4.78, 5) is 14.1. The van der Waals surface area contributed by atoms with E-state index in [9.17, 15) is 4.79 Å². The summed E-state index contributed by atoms with van der Waals surface area (Å²) in [6.07, 6.45) is 4.65. The van der Waals surface area contributed by atoms with Crippen molar-refractivity contribution in [1.82, 2.24) is 15.5 Å². The maximum absolute atomic E-state index is 11.9. The van der Waals surface area contributed by atoms with E-state index in [1.54, 1.807) is 0 Å². The molecular formula is C14H29N3O. The number of amides is 1. The number of hydrogen-bond acceptors (Lipinski definition) is 3. The Kier molecular flexibility index (Phi) is 7.28. The number of piperidine rings is 1. The van der Waals surface area contributed by atoms with Crippen LogP contribution in [0.2, 0.25) is 0 Å². The molecule has 0 aromatic rings. The summed E-state index contributed by atoms with van der Waals surface area (Å²) in [5.74, 6) is 0.905. The Morgan fingerprint density at radius 1 is 1.44 bits per heavy atom. The van der Waals surface area contributed by atoms with Crippen LogP contribution in [0.1, 0.15) is 39.5 Å². The number of likely N-dealkylation sites (N-methyl/N-ethyl adjacent to an activating group) is 1. The fourth-order valence-corrected chi connectivity index (χ4v) is 2.37. The molecule has 2 N–H and O–H groups in total. The zero-order valence-electron chi connectivity index (χ0n) is 12.2. The molecule has 1 saturated heterocycles. The number of rotatable bonds is 7. The highest BCUT2D eigenvalue weighted by atomic mass is 16.2. The SMILES string of the molecule is CCCCNC(=O)C(C)N(C)CC1CCNCC1. The van der Waals surface area contributed by atoms with Crippen LogP contribution in [0.3, 0.4) is 0 Å². The summed E-state index contributed by atoms with van der Waals surface area (Å²) < 4.78 is 0. The van der Waals surface area contributed by atoms with Crippen molar-refractivity contribution in [3.05, 3.63) is 0 Å². The molecule has 106 valence electrons. The Labute approximate surface area is 111 Å². The Morgan fingerprint density at radius 2 is 2.11 bits per heavy atom. The van der Waals surface area contributed by atoms with E-state index in [1.807, 2.05) is 6.92 Å². The van der Waals surface area contributed by atoms with Crippen LogP contribution >= 0.6 is 0 Å². The van der Waals surface area contributed by atoms with Gasteiger partial charge in [0.1, 0.15) is 0 Å². The highest BCUT2D eigenvalue weighted by Crippen LogP contribution is 2.13. The van der Waals surface area contributed by atoms with Gasteiger partial charge in [0.15, 0.2) is 0 Å². The van der Waals surface area contributed by atoms with E-state index < -0.39 is 0 Å². The van der Waals surface area contributed by atoms with Crippen LogP contribution in [-0.2, 0) is 4.79 Å². The lowest BCUT2D eigenvalue weighted by Crippen LogP contribution is -2.46. The standard InChI is InChI=1S/C14H29N3O/c1-4-5-8-16-14(18)12(2)17(3)11-13-6-9-15-10-7-13/h12-13,15H,4-11H2,1-3H3,(H,16,18). The topological polar surface area (TPSA) is 44.4 Å². The van der Waals surface area contributed by atoms with Gasteiger partial charge in [-0.2, -0.15) is 0 Å². The minimum atomic E-state index is -0.0169. The van der Waals surface area contributed by atoms with E-state index in [0.29, 0.717) is 0 Å². The van der Waals surface area contributed by atoms with Crippen molar-refractivity contribution in [3.63, 3.8) is 0 Å². The van der Waals surface area contributed by atoms with E-state index >= 15 is 0 Å². The summed E-state index contributed by atoms with van der Waals surface area (Å²) in [6.45, 7) is 8.22. The molecule has 4 heteroatoms. The van der Waals surface area contributed by atoms with Gasteiger partial charge >= 0.3 is 0 Å². The quantitative estimate of drug-likeness (QED) is 0.672. The van der Waals surface area contributed by atoms with Gasteiger partial charge in [-0.25, -0.2) is 0 Å². The molecule has 0 saturated carbocycles. The molecule has 1 aliphatic rings. The Morgan fingerprint density at radius 3 is 2.72 bits per heavy atom. The average molecular weight is 255 g/mol. The summed E-state index contributed by atoms with van der Waals surface area (Å²) in [5.41, 5.74) is 0. The smallest absolute Gasteiger partial charge is 0.237 e. The van der Waals surface area contributed by atoms with Crippen molar-refractivity contribution < 1.29 is 4.79 Å². The highest BCUT2D eigenvalue weighted by molar-refractivity contribution is 5.81. The summed E-state index contributed by atoms with van der Waals surface area (Å²) in [7, 11) is 2.06. The van der Waals surface area contributed by atoms with Crippen LogP contribution in [0.15, 0.2) is 0 Å². The maximum atomic E-state index is 11.9. The third-order valence-electron chi connectivity index (χ3n) is 3.88. The lowest BCUT2D eigenvalue weighted by Gasteiger charge is -2.30. The molecule has 0 aromatic carbocycles. The van der Waals surface area contributed by atoms with E-state index in [-0.39, 0.29) is 11.9 Å². The first-order valence-electron chi connectivity index (χ1n) is 7.33. The normalized spacial score (nSPS) is 18.9. The monoisotopic (exact) mass is 255 g/mol. The summed E-state index contributed by atoms with van der Waals surface area (Å²) in [6, 6.07) is -0.0169. The minimum absolute atomic E-state index is 0.0169. The lowest BCUT2D eigenvalue weighted by molar-refractivity contribution is -0.125. The molecule has 1 aliphatic heterocycles. The molecule has 1 fully saturated rings. The number of carbonyl (C=O) groups is 1. The number of hydrogen-bond donors (Lipinski definition) is 2. The molecule has 1 amide bonds. The van der Waals surface area contributed by atoms with Gasteiger partial charge in [0, 0.05) is 13.1 Å². The number of carbonyl (C=O) groups excluding carboxylic acids is 1. The second kappa shape index (κ2) is 8.48. The molecule has 18 heavy (non-hydrogen) atoms. The van der Waals surface area contributed by atoms with Crippen molar-refractivity contribution in [2.75, 3.05) is 33.2 Å². The van der Waals surface area contributed by atoms with Crippen LogP contribution in [0.5, 0.6) is 0 Å². The summed E-state index contributed by atoms with van der Waals surface area (Å²) >= 11 is 0. The molecule has 0 aliphatic carbocycles. The molecule has 0 bridgehead atoms. The molecule has 1 atom stereocenters. The average Bonchev–Trinajstić information content (AvgIpc) is 2.39. The van der Waals surface area contributed by atoms with Crippen LogP contribution < -0.4 is 10.6 Å². The molecule has 0 radical (unpaired) electrons. The van der Waals surface area contributed by atoms with Crippen LogP contribution in [0, 0.1) is 5.92 Å². The van der Waals surface area contributed by atoms with Gasteiger partial charge in [-0.15, -0.1) is 0 Å². The number of nitrogens with one attached hydrogen (secondary N) is 2. The van der Waals surface area contributed by atoms with Crippen LogP contribution in [0.25, 0.3) is 0 Å². The molecule has 0 spiro atoms. The van der Waals surface area contributed by atoms with Gasteiger partial charge in [0.25, 0.3) is 0 Å². The van der Waals surface area contributed by atoms with Crippen LogP contribution in [-0.4, -0.2) is 50.1 Å². The van der Waals surface area contributed by atoms with Crippen molar-refractivity contribution in [3.8, 4) is 0 Å². The zero-order chi connectivity index (χ0) is 13.4. The zero-order valence-corrected chi connectivity index (χ0v) is 12.2. The van der Waals surface area contributed by atoms with Gasteiger partial charge in [-0.05, 0) is 52.2 Å². The van der Waals surface area contributed by atoms with E-state index in [0.717, 1.165) is 44.9 Å². The van der Waals surface area contributed by atoms with Gasteiger partial charge in [-0.1, -0.05) is 13.3 Å². The second-order valence-electron chi connectivity index (χ2n) is 5.45. The third-order valence-corrected chi connectivity index (χ3v) is 3.88. The van der Waals surface area contributed by atoms with Crippen LogP contribution in [0.4, 0.5) is 0 Å². The first kappa shape index (κ1) is 15.4. The van der Waals surface area contributed by atoms with Gasteiger partial charge in [0.05, 0.1) is 6.04 Å². The minimum Gasteiger partial charge on any atom is -0.355 e. The molecule has 4 nitrogen and oxygen atoms in total. The van der Waals surface area contributed by atoms with Gasteiger partial charge < -0.3 is 10.6 Å². The maximum Gasteiger partial charge on any atom is 0.237 e. The van der Waals surface area contributed by atoms with E-state index in [4.69, 9.17) is 0 Å². The Hall–Kier alpha value is -0.610. The van der Waals surface area contributed by atoms with Crippen molar-refractivity contribution >= 4 is 5.91 Å². The molecule has 1 heterocycles. The Bertz CT molecular complexity index is 239.